The first-order valence-corrected chi connectivity index (χ1v) is 9.17. The van der Waals surface area contributed by atoms with Crippen molar-refractivity contribution >= 4 is 34.3 Å². The minimum Gasteiger partial charge on any atom is -0.468 e. The van der Waals surface area contributed by atoms with Crippen LogP contribution >= 0.6 is 0 Å². The van der Waals surface area contributed by atoms with Crippen LogP contribution in [0.25, 0.3) is 0 Å². The third-order valence-electron chi connectivity index (χ3n) is 3.05. The fourth-order valence-electron chi connectivity index (χ4n) is 1.70. The average molecular weight is 446 g/mol. The van der Waals surface area contributed by atoms with Gasteiger partial charge in [-0.05, 0) is 0 Å². The van der Waals surface area contributed by atoms with Crippen molar-refractivity contribution in [3.05, 3.63) is 0 Å². The highest BCUT2D eigenvalue weighted by molar-refractivity contribution is 7.79. The predicted molar refractivity (Wildman–Crippen MR) is 95.1 cm³/mol. The van der Waals surface area contributed by atoms with Crippen LogP contribution in [-0.4, -0.2) is 119 Å². The van der Waals surface area contributed by atoms with Crippen LogP contribution in [-0.2, 0) is 48.5 Å². The Morgan fingerprint density at radius 2 is 0.793 bits per heavy atom. The number of esters is 4. The minimum atomic E-state index is -4.67. The zero-order chi connectivity index (χ0) is 23.0. The minimum absolute atomic E-state index is 0.129. The zero-order valence-corrected chi connectivity index (χ0v) is 17.3. The Hall–Kier alpha value is -2.33. The van der Waals surface area contributed by atoms with Gasteiger partial charge in [0.1, 0.15) is 0 Å². The van der Waals surface area contributed by atoms with Gasteiger partial charge < -0.3 is 18.9 Å². The molecule has 0 fully saturated rings. The molecular weight excluding hydrogens is 420 g/mol. The molecule has 0 atom stereocenters. The lowest BCUT2D eigenvalue weighted by Crippen LogP contribution is -2.44. The quantitative estimate of drug-likeness (QED) is 0.195. The smallest absolute Gasteiger partial charge is 0.394 e. The highest BCUT2D eigenvalue weighted by Gasteiger charge is 2.19. The fourth-order valence-corrected chi connectivity index (χ4v) is 1.70. The molecule has 0 saturated heterocycles. The molecule has 0 aliphatic heterocycles. The summed E-state index contributed by atoms with van der Waals surface area (Å²) in [5.74, 6) is -2.09. The Labute approximate surface area is 168 Å². The molecule has 0 amide bonds. The van der Waals surface area contributed by atoms with E-state index in [4.69, 9.17) is 17.5 Å². The fraction of sp³-hybridized carbons (Fsp3) is 0.714. The summed E-state index contributed by atoms with van der Waals surface area (Å²) in [4.78, 5) is 48.6. The van der Waals surface area contributed by atoms with Crippen LogP contribution in [0.2, 0.25) is 0 Å². The second-order valence-corrected chi connectivity index (χ2v) is 6.07. The van der Waals surface area contributed by atoms with Gasteiger partial charge in [0, 0.05) is 13.1 Å². The van der Waals surface area contributed by atoms with Crippen molar-refractivity contribution in [2.45, 2.75) is 0 Å². The molecular formula is C14H26N2O12S. The van der Waals surface area contributed by atoms with Crippen LogP contribution in [0.1, 0.15) is 0 Å². The monoisotopic (exact) mass is 446 g/mol. The molecule has 0 aromatic rings. The molecule has 0 aliphatic rings. The van der Waals surface area contributed by atoms with Gasteiger partial charge in [-0.15, -0.1) is 0 Å². The summed E-state index contributed by atoms with van der Waals surface area (Å²) in [6.45, 7) is -0.0755. The predicted octanol–water partition coefficient (Wildman–Crippen LogP) is -2.37. The Morgan fingerprint density at radius 1 is 0.621 bits per heavy atom. The lowest BCUT2D eigenvalue weighted by Gasteiger charge is -2.25. The molecule has 0 saturated carbocycles. The van der Waals surface area contributed by atoms with E-state index in [0.29, 0.717) is 0 Å². The van der Waals surface area contributed by atoms with Gasteiger partial charge in [0.05, 0.1) is 54.6 Å². The number of methoxy groups -OCH3 is 4. The van der Waals surface area contributed by atoms with Crippen LogP contribution in [0.4, 0.5) is 0 Å². The van der Waals surface area contributed by atoms with E-state index in [9.17, 15) is 19.2 Å². The summed E-state index contributed by atoms with van der Waals surface area (Å²) >= 11 is 0. The van der Waals surface area contributed by atoms with Gasteiger partial charge >= 0.3 is 34.3 Å². The first-order valence-electron chi connectivity index (χ1n) is 7.78. The van der Waals surface area contributed by atoms with Crippen molar-refractivity contribution in [1.29, 1.82) is 0 Å². The standard InChI is InChI=1S/C14H24N2O8.H2O4S/c1-21-11(17)7-15(8-12(18)22-2)5-6-16(9-13(19)23-3)10-14(20)24-4;1-5(2,3)4/h5-10H2,1-4H3;(H2,1,2,3,4). The van der Waals surface area contributed by atoms with Crippen LogP contribution < -0.4 is 0 Å². The molecule has 2 N–H and O–H groups in total. The topological polar surface area (TPSA) is 186 Å². The molecule has 14 nitrogen and oxygen atoms in total. The molecule has 0 radical (unpaired) electrons. The first kappa shape index (κ1) is 28.9. The van der Waals surface area contributed by atoms with E-state index in [1.165, 1.54) is 38.2 Å². The molecule has 0 aromatic heterocycles. The maximum absolute atomic E-state index is 11.4. The van der Waals surface area contributed by atoms with Gasteiger partial charge in [-0.2, -0.15) is 8.42 Å². The van der Waals surface area contributed by atoms with Crippen LogP contribution in [0, 0.1) is 0 Å². The molecule has 0 spiro atoms. The summed E-state index contributed by atoms with van der Waals surface area (Å²) < 4.78 is 49.9. The molecule has 0 rings (SSSR count). The van der Waals surface area contributed by atoms with Gasteiger partial charge in [-0.3, -0.25) is 38.1 Å². The largest absolute Gasteiger partial charge is 0.468 e. The molecule has 0 unspecified atom stereocenters. The van der Waals surface area contributed by atoms with E-state index >= 15 is 0 Å². The lowest BCUT2D eigenvalue weighted by atomic mass is 10.4. The normalized spacial score (nSPS) is 10.6. The van der Waals surface area contributed by atoms with Gasteiger partial charge in [0.2, 0.25) is 0 Å². The molecule has 15 heteroatoms. The lowest BCUT2D eigenvalue weighted by molar-refractivity contribution is -0.148. The number of carbonyl (C=O) groups is 4. The van der Waals surface area contributed by atoms with Crippen LogP contribution in [0.15, 0.2) is 0 Å². The third-order valence-corrected chi connectivity index (χ3v) is 3.05. The molecule has 0 aliphatic carbocycles. The Balaban J connectivity index is 0. The maximum Gasteiger partial charge on any atom is 0.394 e. The van der Waals surface area contributed by atoms with Gasteiger partial charge in [0.25, 0.3) is 0 Å². The molecule has 170 valence electrons. The maximum atomic E-state index is 11.4. The highest BCUT2D eigenvalue weighted by atomic mass is 32.3. The highest BCUT2D eigenvalue weighted by Crippen LogP contribution is 1.97. The first-order chi connectivity index (χ1) is 13.4. The van der Waals surface area contributed by atoms with Crippen molar-refractivity contribution < 1.29 is 55.6 Å². The van der Waals surface area contributed by atoms with Crippen molar-refractivity contribution in [3.63, 3.8) is 0 Å². The molecule has 0 aromatic carbocycles. The number of hydrogen-bond donors (Lipinski definition) is 2. The van der Waals surface area contributed by atoms with Crippen molar-refractivity contribution in [1.82, 2.24) is 9.80 Å². The zero-order valence-electron chi connectivity index (χ0n) is 16.5. The summed E-state index contributed by atoms with van der Waals surface area (Å²) in [7, 11) is 0.276. The summed E-state index contributed by atoms with van der Waals surface area (Å²) in [6.07, 6.45) is 0. The van der Waals surface area contributed by atoms with E-state index < -0.39 is 34.3 Å². The Morgan fingerprint density at radius 3 is 0.931 bits per heavy atom. The van der Waals surface area contributed by atoms with E-state index in [1.807, 2.05) is 0 Å². The van der Waals surface area contributed by atoms with Crippen LogP contribution in [0.5, 0.6) is 0 Å². The molecule has 0 heterocycles. The SMILES string of the molecule is COC(=O)CN(CCN(CC(=O)OC)CC(=O)OC)CC(=O)OC.O=S(=O)(O)O. The van der Waals surface area contributed by atoms with Gasteiger partial charge in [0.15, 0.2) is 0 Å². The van der Waals surface area contributed by atoms with Gasteiger partial charge in [-0.25, -0.2) is 0 Å². The summed E-state index contributed by atoms with van der Waals surface area (Å²) in [6, 6.07) is 0. The van der Waals surface area contributed by atoms with E-state index in [0.717, 1.165) is 0 Å². The van der Waals surface area contributed by atoms with E-state index in [1.54, 1.807) is 0 Å². The Kier molecular flexibility index (Phi) is 15.5. The summed E-state index contributed by atoms with van der Waals surface area (Å²) in [5, 5.41) is 0. The van der Waals surface area contributed by atoms with E-state index in [-0.39, 0.29) is 39.3 Å². The number of hydrogen-bond acceptors (Lipinski definition) is 12. The van der Waals surface area contributed by atoms with Crippen molar-refractivity contribution in [2.75, 3.05) is 67.7 Å². The number of rotatable bonds is 11. The Bertz CT molecular complexity index is 553. The van der Waals surface area contributed by atoms with E-state index in [2.05, 4.69) is 18.9 Å². The second kappa shape index (κ2) is 15.6. The average Bonchev–Trinajstić information content (AvgIpc) is 2.63. The van der Waals surface area contributed by atoms with Crippen LogP contribution in [0.3, 0.4) is 0 Å². The number of nitrogens with zero attached hydrogens (tertiary/aromatic N) is 2. The van der Waals surface area contributed by atoms with Crippen molar-refractivity contribution in [3.8, 4) is 0 Å². The van der Waals surface area contributed by atoms with Gasteiger partial charge in [-0.1, -0.05) is 0 Å². The second-order valence-electron chi connectivity index (χ2n) is 5.17. The summed E-state index contributed by atoms with van der Waals surface area (Å²) in [5.41, 5.74) is 0. The van der Waals surface area contributed by atoms with Crippen molar-refractivity contribution in [2.24, 2.45) is 0 Å². The molecule has 0 bridgehead atoms. The number of ether oxygens (including phenoxy) is 4. The third kappa shape index (κ3) is 20.2. The molecule has 29 heavy (non-hydrogen) atoms. The number of carbonyl (C=O) groups excluding carboxylic acids is 4.